The van der Waals surface area contributed by atoms with E-state index in [-0.39, 0.29) is 11.7 Å². The quantitative estimate of drug-likeness (QED) is 0.500. The Labute approximate surface area is 183 Å². The first-order valence-electron chi connectivity index (χ1n) is 10.0. The van der Waals surface area contributed by atoms with E-state index in [1.807, 2.05) is 24.3 Å². The van der Waals surface area contributed by atoms with E-state index in [1.54, 1.807) is 22.7 Å². The number of nitrogens with zero attached hydrogens (tertiary/aromatic N) is 3. The zero-order chi connectivity index (χ0) is 20.9. The van der Waals surface area contributed by atoms with Crippen LogP contribution in [0, 0.1) is 5.82 Å². The molecule has 0 spiro atoms. The molecule has 4 rings (SSSR count). The largest absolute Gasteiger partial charge is 0.379 e. The van der Waals surface area contributed by atoms with E-state index < -0.39 is 0 Å². The fraction of sp³-hybridized carbons (Fsp3) is 0.364. The van der Waals surface area contributed by atoms with E-state index in [0.717, 1.165) is 35.0 Å². The van der Waals surface area contributed by atoms with Gasteiger partial charge in [-0.1, -0.05) is 24.3 Å². The van der Waals surface area contributed by atoms with Crippen molar-refractivity contribution in [3.63, 3.8) is 0 Å². The SMILES string of the molecule is CCSc1cccc(C(=O)N(CCN2CCOCC2)c2nc3ccc(F)cc3s2)c1. The van der Waals surface area contributed by atoms with E-state index in [9.17, 15) is 9.18 Å². The molecule has 2 heterocycles. The van der Waals surface area contributed by atoms with Gasteiger partial charge in [-0.25, -0.2) is 9.37 Å². The first-order chi connectivity index (χ1) is 14.6. The number of carbonyl (C=O) groups is 1. The van der Waals surface area contributed by atoms with Crippen LogP contribution in [0.2, 0.25) is 0 Å². The lowest BCUT2D eigenvalue weighted by Crippen LogP contribution is -2.43. The molecule has 0 unspecified atom stereocenters. The minimum atomic E-state index is -0.298. The Balaban J connectivity index is 1.63. The first-order valence-corrected chi connectivity index (χ1v) is 11.8. The number of ether oxygens (including phenoxy) is 1. The van der Waals surface area contributed by atoms with Crippen LogP contribution in [-0.4, -0.2) is 60.9 Å². The molecule has 1 aromatic heterocycles. The topological polar surface area (TPSA) is 45.7 Å². The molecule has 8 heteroatoms. The van der Waals surface area contributed by atoms with Gasteiger partial charge in [0.25, 0.3) is 5.91 Å². The molecule has 30 heavy (non-hydrogen) atoms. The Morgan fingerprint density at radius 1 is 1.27 bits per heavy atom. The van der Waals surface area contributed by atoms with Crippen molar-refractivity contribution < 1.29 is 13.9 Å². The molecule has 1 fully saturated rings. The zero-order valence-corrected chi connectivity index (χ0v) is 18.5. The van der Waals surface area contributed by atoms with Crippen molar-refractivity contribution in [1.82, 2.24) is 9.88 Å². The number of aromatic nitrogens is 1. The second kappa shape index (κ2) is 9.87. The van der Waals surface area contributed by atoms with Crippen molar-refractivity contribution in [3.8, 4) is 0 Å². The average molecular weight is 446 g/mol. The number of rotatable bonds is 7. The number of halogens is 1. The van der Waals surface area contributed by atoms with Crippen LogP contribution in [0.4, 0.5) is 9.52 Å². The first kappa shape index (κ1) is 21.2. The molecular formula is C22H24FN3O2S2. The molecule has 1 saturated heterocycles. The van der Waals surface area contributed by atoms with Crippen molar-refractivity contribution in [2.45, 2.75) is 11.8 Å². The summed E-state index contributed by atoms with van der Waals surface area (Å²) in [7, 11) is 0. The lowest BCUT2D eigenvalue weighted by molar-refractivity contribution is 0.0391. The minimum absolute atomic E-state index is 0.0821. The molecular weight excluding hydrogens is 421 g/mol. The van der Waals surface area contributed by atoms with Crippen LogP contribution >= 0.6 is 23.1 Å². The molecule has 2 aromatic carbocycles. The molecule has 158 valence electrons. The maximum Gasteiger partial charge on any atom is 0.260 e. The number of hydrogen-bond donors (Lipinski definition) is 0. The van der Waals surface area contributed by atoms with Gasteiger partial charge in [0.2, 0.25) is 0 Å². The van der Waals surface area contributed by atoms with Gasteiger partial charge in [0.1, 0.15) is 5.82 Å². The van der Waals surface area contributed by atoms with Crippen LogP contribution in [0.25, 0.3) is 10.2 Å². The zero-order valence-electron chi connectivity index (χ0n) is 16.8. The second-order valence-corrected chi connectivity index (χ2v) is 9.33. The molecule has 0 atom stereocenters. The summed E-state index contributed by atoms with van der Waals surface area (Å²) in [6, 6.07) is 12.2. The maximum absolute atomic E-state index is 13.7. The number of thiazole rings is 1. The number of hydrogen-bond acceptors (Lipinski definition) is 6. The van der Waals surface area contributed by atoms with Crippen molar-refractivity contribution in [2.24, 2.45) is 0 Å². The highest BCUT2D eigenvalue weighted by molar-refractivity contribution is 7.99. The van der Waals surface area contributed by atoms with Gasteiger partial charge in [0.05, 0.1) is 23.4 Å². The summed E-state index contributed by atoms with van der Waals surface area (Å²) in [5.41, 5.74) is 1.34. The number of carbonyl (C=O) groups excluding carboxylic acids is 1. The third-order valence-corrected chi connectivity index (χ3v) is 6.87. The highest BCUT2D eigenvalue weighted by Crippen LogP contribution is 2.31. The van der Waals surface area contributed by atoms with E-state index in [2.05, 4.69) is 16.8 Å². The van der Waals surface area contributed by atoms with Gasteiger partial charge in [-0.3, -0.25) is 14.6 Å². The highest BCUT2D eigenvalue weighted by Gasteiger charge is 2.23. The van der Waals surface area contributed by atoms with E-state index in [4.69, 9.17) is 4.74 Å². The van der Waals surface area contributed by atoms with Crippen LogP contribution in [0.15, 0.2) is 47.4 Å². The van der Waals surface area contributed by atoms with Gasteiger partial charge in [-0.05, 0) is 42.2 Å². The average Bonchev–Trinajstić information content (AvgIpc) is 3.17. The molecule has 1 aliphatic rings. The van der Waals surface area contributed by atoms with Crippen LogP contribution in [0.1, 0.15) is 17.3 Å². The normalized spacial score (nSPS) is 14.9. The second-order valence-electron chi connectivity index (χ2n) is 6.98. The van der Waals surface area contributed by atoms with Crippen LogP contribution in [-0.2, 0) is 4.74 Å². The molecule has 0 bridgehead atoms. The van der Waals surface area contributed by atoms with E-state index in [1.165, 1.54) is 23.5 Å². The molecule has 5 nitrogen and oxygen atoms in total. The Morgan fingerprint density at radius 3 is 2.90 bits per heavy atom. The fourth-order valence-corrected chi connectivity index (χ4v) is 5.13. The summed E-state index contributed by atoms with van der Waals surface area (Å²) < 4.78 is 19.8. The Kier molecular flexibility index (Phi) is 6.99. The van der Waals surface area contributed by atoms with Gasteiger partial charge >= 0.3 is 0 Å². The van der Waals surface area contributed by atoms with Crippen molar-refractivity contribution in [1.29, 1.82) is 0 Å². The van der Waals surface area contributed by atoms with Crippen molar-refractivity contribution in [3.05, 3.63) is 53.8 Å². The number of anilines is 1. The van der Waals surface area contributed by atoms with Crippen LogP contribution < -0.4 is 4.90 Å². The van der Waals surface area contributed by atoms with Crippen molar-refractivity contribution >= 4 is 44.4 Å². The number of morpholine rings is 1. The molecule has 0 radical (unpaired) electrons. The number of fused-ring (bicyclic) bond motifs is 1. The Morgan fingerprint density at radius 2 is 2.10 bits per heavy atom. The van der Waals surface area contributed by atoms with Gasteiger partial charge in [0.15, 0.2) is 5.13 Å². The van der Waals surface area contributed by atoms with Crippen LogP contribution in [0.3, 0.4) is 0 Å². The van der Waals surface area contributed by atoms with Crippen LogP contribution in [0.5, 0.6) is 0 Å². The standard InChI is InChI=1S/C22H24FN3O2S2/c1-2-29-18-5-3-4-16(14-18)21(27)26(9-8-25-10-12-28-13-11-25)22-24-19-7-6-17(23)15-20(19)30-22/h3-7,14-15H,2,8-13H2,1H3. The Hall–Kier alpha value is -2.00. The lowest BCUT2D eigenvalue weighted by atomic mass is 10.2. The van der Waals surface area contributed by atoms with Gasteiger partial charge in [-0.2, -0.15) is 0 Å². The lowest BCUT2D eigenvalue weighted by Gasteiger charge is -2.29. The molecule has 1 amide bonds. The molecule has 0 N–H and O–H groups in total. The highest BCUT2D eigenvalue weighted by atomic mass is 32.2. The summed E-state index contributed by atoms with van der Waals surface area (Å²) in [5, 5.41) is 0.599. The number of benzene rings is 2. The third-order valence-electron chi connectivity index (χ3n) is 4.95. The van der Waals surface area contributed by atoms with E-state index in [0.29, 0.717) is 36.0 Å². The fourth-order valence-electron chi connectivity index (χ4n) is 3.39. The predicted octanol–water partition coefficient (Wildman–Crippen LogP) is 4.53. The number of amides is 1. The van der Waals surface area contributed by atoms with Gasteiger partial charge in [-0.15, -0.1) is 11.8 Å². The molecule has 3 aromatic rings. The smallest absolute Gasteiger partial charge is 0.260 e. The summed E-state index contributed by atoms with van der Waals surface area (Å²) in [5.74, 6) is 0.566. The number of thioether (sulfide) groups is 1. The Bertz CT molecular complexity index is 1020. The predicted molar refractivity (Wildman–Crippen MR) is 121 cm³/mol. The molecule has 0 saturated carbocycles. The maximum atomic E-state index is 13.7. The van der Waals surface area contributed by atoms with Gasteiger partial charge < -0.3 is 4.74 Å². The summed E-state index contributed by atoms with van der Waals surface area (Å²) in [6.07, 6.45) is 0. The van der Waals surface area contributed by atoms with Crippen molar-refractivity contribution in [2.75, 3.05) is 50.0 Å². The monoisotopic (exact) mass is 445 g/mol. The summed E-state index contributed by atoms with van der Waals surface area (Å²) in [4.78, 5) is 23.2. The molecule has 1 aliphatic heterocycles. The van der Waals surface area contributed by atoms with E-state index >= 15 is 0 Å². The molecule has 0 aliphatic carbocycles. The summed E-state index contributed by atoms with van der Waals surface area (Å²) in [6.45, 7) is 6.49. The minimum Gasteiger partial charge on any atom is -0.379 e. The third kappa shape index (κ3) is 5.00. The van der Waals surface area contributed by atoms with Gasteiger partial charge in [0, 0.05) is 36.6 Å². The summed E-state index contributed by atoms with van der Waals surface area (Å²) >= 11 is 3.06.